The van der Waals surface area contributed by atoms with E-state index in [2.05, 4.69) is 0 Å². The molecule has 2 N–H and O–H groups in total. The Hall–Kier alpha value is -1.16. The maximum absolute atomic E-state index is 9.68. The monoisotopic (exact) mass is 220 g/mol. The van der Waals surface area contributed by atoms with Crippen molar-refractivity contribution in [2.75, 3.05) is 0 Å². The summed E-state index contributed by atoms with van der Waals surface area (Å²) in [6.45, 7) is 1.75. The van der Waals surface area contributed by atoms with Gasteiger partial charge in [-0.2, -0.15) is 0 Å². The van der Waals surface area contributed by atoms with Crippen LogP contribution in [0.5, 0.6) is 0 Å². The summed E-state index contributed by atoms with van der Waals surface area (Å²) in [7, 11) is 0. The van der Waals surface area contributed by atoms with Gasteiger partial charge in [0, 0.05) is 0 Å². The minimum Gasteiger partial charge on any atom is -0.388 e. The molecule has 1 aromatic carbocycles. The highest BCUT2D eigenvalue weighted by Gasteiger charge is 2.38. The lowest BCUT2D eigenvalue weighted by atomic mass is 10.1. The van der Waals surface area contributed by atoms with Gasteiger partial charge < -0.3 is 14.9 Å². The number of benzene rings is 1. The number of rotatable bonds is 2. The summed E-state index contributed by atoms with van der Waals surface area (Å²) in [6, 6.07) is 9.78. The van der Waals surface area contributed by atoms with Gasteiger partial charge in [0.05, 0.1) is 6.10 Å². The number of hydrogen-bond donors (Lipinski definition) is 2. The largest absolute Gasteiger partial charge is 0.388 e. The summed E-state index contributed by atoms with van der Waals surface area (Å²) in [5.74, 6) is 0. The first-order valence-corrected chi connectivity index (χ1v) is 5.43. The number of hydrogen-bond acceptors (Lipinski definition) is 3. The number of aliphatic hydroxyl groups is 2. The summed E-state index contributed by atoms with van der Waals surface area (Å²) in [4.78, 5) is 0. The molecular weight excluding hydrogens is 204 g/mol. The lowest BCUT2D eigenvalue weighted by Gasteiger charge is -2.09. The van der Waals surface area contributed by atoms with Gasteiger partial charge in [-0.3, -0.25) is 0 Å². The standard InChI is InChI=1S/C13H16O3/c1-9-12(14)13(15)11(16-9)8-7-10-5-3-2-4-6-10/h2-9,11-15H,1H3/b8-7-/t9-,11+,12-,13+/m0/s1. The zero-order valence-corrected chi connectivity index (χ0v) is 9.15. The van der Waals surface area contributed by atoms with E-state index < -0.39 is 18.3 Å². The molecule has 0 amide bonds. The second-order valence-electron chi connectivity index (χ2n) is 4.06. The molecule has 3 heteroatoms. The van der Waals surface area contributed by atoms with Crippen LogP contribution in [0, 0.1) is 0 Å². The number of ether oxygens (including phenoxy) is 1. The van der Waals surface area contributed by atoms with Crippen molar-refractivity contribution in [1.82, 2.24) is 0 Å². The molecule has 2 rings (SSSR count). The van der Waals surface area contributed by atoms with Gasteiger partial charge in [-0.1, -0.05) is 42.5 Å². The Morgan fingerprint density at radius 1 is 1.12 bits per heavy atom. The smallest absolute Gasteiger partial charge is 0.112 e. The second kappa shape index (κ2) is 4.78. The van der Waals surface area contributed by atoms with E-state index in [1.165, 1.54) is 0 Å². The van der Waals surface area contributed by atoms with Crippen molar-refractivity contribution >= 4 is 6.08 Å². The molecule has 0 spiro atoms. The molecule has 16 heavy (non-hydrogen) atoms. The minimum atomic E-state index is -0.838. The van der Waals surface area contributed by atoms with Crippen molar-refractivity contribution in [3.05, 3.63) is 42.0 Å². The van der Waals surface area contributed by atoms with Crippen LogP contribution in [0.3, 0.4) is 0 Å². The highest BCUT2D eigenvalue weighted by molar-refractivity contribution is 5.49. The molecule has 0 saturated carbocycles. The van der Waals surface area contributed by atoms with Crippen molar-refractivity contribution in [2.45, 2.75) is 31.3 Å². The Labute approximate surface area is 95.0 Å². The van der Waals surface area contributed by atoms with Gasteiger partial charge in [0.25, 0.3) is 0 Å². The predicted molar refractivity (Wildman–Crippen MR) is 61.8 cm³/mol. The van der Waals surface area contributed by atoms with Crippen LogP contribution in [0.4, 0.5) is 0 Å². The van der Waals surface area contributed by atoms with E-state index in [9.17, 15) is 10.2 Å². The molecule has 1 saturated heterocycles. The molecule has 1 aromatic rings. The first-order valence-electron chi connectivity index (χ1n) is 5.43. The van der Waals surface area contributed by atoms with Crippen LogP contribution < -0.4 is 0 Å². The van der Waals surface area contributed by atoms with Gasteiger partial charge in [0.15, 0.2) is 0 Å². The highest BCUT2D eigenvalue weighted by Crippen LogP contribution is 2.22. The molecule has 0 aliphatic carbocycles. The summed E-state index contributed by atoms with van der Waals surface area (Å²) in [5, 5.41) is 19.2. The van der Waals surface area contributed by atoms with Crippen LogP contribution in [-0.4, -0.2) is 34.6 Å². The lowest BCUT2D eigenvalue weighted by molar-refractivity contribution is 0.0316. The van der Waals surface area contributed by atoms with Gasteiger partial charge in [0.1, 0.15) is 18.3 Å². The quantitative estimate of drug-likeness (QED) is 0.787. The van der Waals surface area contributed by atoms with E-state index >= 15 is 0 Å². The first-order chi connectivity index (χ1) is 7.68. The maximum Gasteiger partial charge on any atom is 0.112 e. The Morgan fingerprint density at radius 2 is 1.81 bits per heavy atom. The van der Waals surface area contributed by atoms with Crippen LogP contribution in [0.25, 0.3) is 6.08 Å². The Kier molecular flexibility index (Phi) is 3.39. The third-order valence-corrected chi connectivity index (χ3v) is 2.82. The van der Waals surface area contributed by atoms with Crippen LogP contribution in [0.1, 0.15) is 12.5 Å². The van der Waals surface area contributed by atoms with Crippen molar-refractivity contribution in [3.63, 3.8) is 0 Å². The van der Waals surface area contributed by atoms with Crippen molar-refractivity contribution < 1.29 is 14.9 Å². The molecule has 1 aliphatic rings. The fourth-order valence-corrected chi connectivity index (χ4v) is 1.81. The average molecular weight is 220 g/mol. The fourth-order valence-electron chi connectivity index (χ4n) is 1.81. The van der Waals surface area contributed by atoms with E-state index in [1.54, 1.807) is 13.0 Å². The molecule has 1 aliphatic heterocycles. The highest BCUT2D eigenvalue weighted by atomic mass is 16.5. The van der Waals surface area contributed by atoms with E-state index in [4.69, 9.17) is 4.74 Å². The van der Waals surface area contributed by atoms with Gasteiger partial charge in [-0.25, -0.2) is 0 Å². The van der Waals surface area contributed by atoms with Gasteiger partial charge in [-0.15, -0.1) is 0 Å². The Balaban J connectivity index is 2.03. The van der Waals surface area contributed by atoms with Crippen LogP contribution in [0.2, 0.25) is 0 Å². The fraction of sp³-hybridized carbons (Fsp3) is 0.385. The lowest BCUT2D eigenvalue weighted by Crippen LogP contribution is -2.30. The van der Waals surface area contributed by atoms with E-state index in [0.29, 0.717) is 0 Å². The van der Waals surface area contributed by atoms with Gasteiger partial charge in [0.2, 0.25) is 0 Å². The molecule has 0 aromatic heterocycles. The van der Waals surface area contributed by atoms with Crippen molar-refractivity contribution in [2.24, 2.45) is 0 Å². The molecule has 4 atom stereocenters. The molecule has 86 valence electrons. The molecule has 0 bridgehead atoms. The third kappa shape index (κ3) is 2.32. The summed E-state index contributed by atoms with van der Waals surface area (Å²) < 4.78 is 5.42. The molecular formula is C13H16O3. The minimum absolute atomic E-state index is 0.319. The van der Waals surface area contributed by atoms with E-state index in [0.717, 1.165) is 5.56 Å². The van der Waals surface area contributed by atoms with Crippen LogP contribution in [0.15, 0.2) is 36.4 Å². The topological polar surface area (TPSA) is 49.7 Å². The second-order valence-corrected chi connectivity index (χ2v) is 4.06. The zero-order chi connectivity index (χ0) is 11.5. The maximum atomic E-state index is 9.68. The summed E-state index contributed by atoms with van der Waals surface area (Å²) in [6.07, 6.45) is 1.29. The molecule has 1 heterocycles. The van der Waals surface area contributed by atoms with E-state index in [-0.39, 0.29) is 6.10 Å². The number of aliphatic hydroxyl groups excluding tert-OH is 2. The van der Waals surface area contributed by atoms with Gasteiger partial charge in [-0.05, 0) is 12.5 Å². The third-order valence-electron chi connectivity index (χ3n) is 2.82. The molecule has 1 fully saturated rings. The summed E-state index contributed by atoms with van der Waals surface area (Å²) >= 11 is 0. The average Bonchev–Trinajstić information content (AvgIpc) is 2.56. The molecule has 3 nitrogen and oxygen atoms in total. The first kappa shape index (κ1) is 11.3. The zero-order valence-electron chi connectivity index (χ0n) is 9.15. The molecule has 0 radical (unpaired) electrons. The summed E-state index contributed by atoms with van der Waals surface area (Å²) in [5.41, 5.74) is 1.05. The predicted octanol–water partition coefficient (Wildman–Crippen LogP) is 1.21. The van der Waals surface area contributed by atoms with E-state index in [1.807, 2.05) is 36.4 Å². The van der Waals surface area contributed by atoms with Crippen molar-refractivity contribution in [3.8, 4) is 0 Å². The Bertz CT molecular complexity index is 361. The Morgan fingerprint density at radius 3 is 2.38 bits per heavy atom. The van der Waals surface area contributed by atoms with Crippen LogP contribution >= 0.6 is 0 Å². The SMILES string of the molecule is C[C@@H]1O[C@H](/C=C\c2ccccc2)[C@@H](O)[C@H]1O. The van der Waals surface area contributed by atoms with Gasteiger partial charge >= 0.3 is 0 Å². The van der Waals surface area contributed by atoms with Crippen molar-refractivity contribution in [1.29, 1.82) is 0 Å². The normalized spacial score (nSPS) is 34.7. The van der Waals surface area contributed by atoms with Crippen LogP contribution in [-0.2, 0) is 4.74 Å². The molecule has 0 unspecified atom stereocenters.